The number of nitrogens with zero attached hydrogens (tertiary/aromatic N) is 1. The first-order valence-corrected chi connectivity index (χ1v) is 8.03. The lowest BCUT2D eigenvalue weighted by Crippen LogP contribution is -2.24. The largest absolute Gasteiger partial charge is 0.494 e. The van der Waals surface area contributed by atoms with Gasteiger partial charge in [0.25, 0.3) is 5.91 Å². The highest BCUT2D eigenvalue weighted by atomic mass is 16.5. The van der Waals surface area contributed by atoms with Crippen molar-refractivity contribution in [2.45, 2.75) is 40.2 Å². The van der Waals surface area contributed by atoms with Crippen LogP contribution in [0.3, 0.4) is 0 Å². The average molecular weight is 312 g/mol. The van der Waals surface area contributed by atoms with Crippen molar-refractivity contribution < 1.29 is 9.53 Å². The first kappa shape index (κ1) is 17.0. The number of hydrogen-bond acceptors (Lipinski definition) is 3. The molecular weight excluding hydrogens is 288 g/mol. The maximum Gasteiger partial charge on any atom is 0.252 e. The number of ether oxygens (including phenoxy) is 1. The number of rotatable bonds is 7. The molecule has 1 aromatic carbocycles. The van der Waals surface area contributed by atoms with Gasteiger partial charge in [-0.15, -0.1) is 0 Å². The molecule has 0 unspecified atom stereocenters. The van der Waals surface area contributed by atoms with Gasteiger partial charge < -0.3 is 10.1 Å². The summed E-state index contributed by atoms with van der Waals surface area (Å²) >= 11 is 0. The summed E-state index contributed by atoms with van der Waals surface area (Å²) in [5.74, 6) is 0.765. The van der Waals surface area contributed by atoms with Crippen LogP contribution in [0, 0.1) is 13.8 Å². The van der Waals surface area contributed by atoms with Gasteiger partial charge in [0.2, 0.25) is 0 Å². The van der Waals surface area contributed by atoms with Crippen LogP contribution in [0.25, 0.3) is 0 Å². The number of hydrogen-bond donors (Lipinski definition) is 1. The predicted molar refractivity (Wildman–Crippen MR) is 91.7 cm³/mol. The highest BCUT2D eigenvalue weighted by molar-refractivity contribution is 5.97. The van der Waals surface area contributed by atoms with Crippen molar-refractivity contribution in [2.24, 2.45) is 0 Å². The van der Waals surface area contributed by atoms with Crippen molar-refractivity contribution in [1.82, 2.24) is 10.3 Å². The second-order valence-corrected chi connectivity index (χ2v) is 5.68. The van der Waals surface area contributed by atoms with Crippen LogP contribution in [0.2, 0.25) is 0 Å². The van der Waals surface area contributed by atoms with Gasteiger partial charge in [-0.25, -0.2) is 0 Å². The number of carbonyl (C=O) groups is 1. The Morgan fingerprint density at radius 1 is 1.26 bits per heavy atom. The number of benzene rings is 1. The Hall–Kier alpha value is -2.36. The highest BCUT2D eigenvalue weighted by Gasteiger charge is 2.13. The maximum atomic E-state index is 12.5. The molecule has 0 saturated heterocycles. The predicted octanol–water partition coefficient (Wildman–Crippen LogP) is 3.81. The molecule has 1 aromatic heterocycles. The second kappa shape index (κ2) is 8.32. The molecule has 4 heteroatoms. The molecule has 23 heavy (non-hydrogen) atoms. The van der Waals surface area contributed by atoms with Gasteiger partial charge in [0, 0.05) is 24.5 Å². The summed E-state index contributed by atoms with van der Waals surface area (Å²) in [7, 11) is 0. The monoisotopic (exact) mass is 312 g/mol. The third kappa shape index (κ3) is 4.81. The number of aryl methyl sites for hydroxylation is 2. The Balaban J connectivity index is 2.05. The first-order valence-electron chi connectivity index (χ1n) is 8.03. The number of nitrogens with one attached hydrogen (secondary N) is 1. The Labute approximate surface area is 137 Å². The molecule has 0 radical (unpaired) electrons. The Morgan fingerprint density at radius 2 is 2.00 bits per heavy atom. The molecule has 0 bridgehead atoms. The van der Waals surface area contributed by atoms with E-state index in [0.29, 0.717) is 13.2 Å². The zero-order valence-corrected chi connectivity index (χ0v) is 14.1. The molecule has 0 aliphatic rings. The zero-order chi connectivity index (χ0) is 16.7. The molecule has 0 aliphatic heterocycles. The third-order valence-electron chi connectivity index (χ3n) is 3.68. The van der Waals surface area contributed by atoms with Gasteiger partial charge in [-0.3, -0.25) is 9.78 Å². The SMILES string of the molecule is CCCCOc1cc(C)c(C(=O)NCc2cccnc2)c(C)c1. The smallest absolute Gasteiger partial charge is 0.252 e. The van der Waals surface area contributed by atoms with Gasteiger partial charge in [-0.1, -0.05) is 19.4 Å². The van der Waals surface area contributed by atoms with Crippen LogP contribution in [0.4, 0.5) is 0 Å². The van der Waals surface area contributed by atoms with Crippen LogP contribution in [0.5, 0.6) is 5.75 Å². The quantitative estimate of drug-likeness (QED) is 0.791. The van der Waals surface area contributed by atoms with Gasteiger partial charge in [0.15, 0.2) is 0 Å². The second-order valence-electron chi connectivity index (χ2n) is 5.68. The van der Waals surface area contributed by atoms with E-state index >= 15 is 0 Å². The molecule has 1 amide bonds. The van der Waals surface area contributed by atoms with E-state index in [1.54, 1.807) is 12.4 Å². The van der Waals surface area contributed by atoms with Crippen LogP contribution in [0.1, 0.15) is 46.8 Å². The van der Waals surface area contributed by atoms with Gasteiger partial charge in [-0.2, -0.15) is 0 Å². The minimum atomic E-state index is -0.0658. The lowest BCUT2D eigenvalue weighted by molar-refractivity contribution is 0.0949. The van der Waals surface area contributed by atoms with E-state index in [9.17, 15) is 4.79 Å². The topological polar surface area (TPSA) is 51.2 Å². The lowest BCUT2D eigenvalue weighted by Gasteiger charge is -2.13. The summed E-state index contributed by atoms with van der Waals surface area (Å²) < 4.78 is 5.73. The molecule has 2 aromatic rings. The summed E-state index contributed by atoms with van der Waals surface area (Å²) in [6.07, 6.45) is 5.61. The summed E-state index contributed by atoms with van der Waals surface area (Å²) in [5, 5.41) is 2.95. The molecule has 4 nitrogen and oxygen atoms in total. The van der Waals surface area contributed by atoms with Gasteiger partial charge in [0.1, 0.15) is 5.75 Å². The maximum absolute atomic E-state index is 12.5. The summed E-state index contributed by atoms with van der Waals surface area (Å²) in [6.45, 7) is 7.20. The standard InChI is InChI=1S/C19H24N2O2/c1-4-5-9-23-17-10-14(2)18(15(3)11-17)19(22)21-13-16-7-6-8-20-12-16/h6-8,10-12H,4-5,9,13H2,1-3H3,(H,21,22). The minimum absolute atomic E-state index is 0.0658. The number of pyridine rings is 1. The van der Waals surface area contributed by atoms with Crippen molar-refractivity contribution >= 4 is 5.91 Å². The normalized spacial score (nSPS) is 10.4. The van der Waals surface area contributed by atoms with Crippen molar-refractivity contribution in [3.8, 4) is 5.75 Å². The highest BCUT2D eigenvalue weighted by Crippen LogP contribution is 2.22. The van der Waals surface area contributed by atoms with Crippen molar-refractivity contribution in [1.29, 1.82) is 0 Å². The van der Waals surface area contributed by atoms with Crippen LogP contribution < -0.4 is 10.1 Å². The summed E-state index contributed by atoms with van der Waals surface area (Å²) in [4.78, 5) is 16.5. The van der Waals surface area contributed by atoms with E-state index < -0.39 is 0 Å². The van der Waals surface area contributed by atoms with E-state index in [2.05, 4.69) is 17.2 Å². The third-order valence-corrected chi connectivity index (χ3v) is 3.68. The van der Waals surface area contributed by atoms with Crippen LogP contribution in [0.15, 0.2) is 36.7 Å². The van der Waals surface area contributed by atoms with E-state index in [-0.39, 0.29) is 5.91 Å². The fourth-order valence-corrected chi connectivity index (χ4v) is 2.47. The lowest BCUT2D eigenvalue weighted by atomic mass is 10.0. The fraction of sp³-hybridized carbons (Fsp3) is 0.368. The molecule has 0 atom stereocenters. The van der Waals surface area contributed by atoms with Crippen molar-refractivity contribution in [3.63, 3.8) is 0 Å². The molecule has 0 spiro atoms. The summed E-state index contributed by atoms with van der Waals surface area (Å²) in [6, 6.07) is 7.67. The summed E-state index contributed by atoms with van der Waals surface area (Å²) in [5.41, 5.74) is 3.56. The van der Waals surface area contributed by atoms with E-state index in [1.807, 2.05) is 38.1 Å². The molecule has 1 N–H and O–H groups in total. The van der Waals surface area contributed by atoms with Crippen LogP contribution in [-0.4, -0.2) is 17.5 Å². The Kier molecular flexibility index (Phi) is 6.15. The van der Waals surface area contributed by atoms with Gasteiger partial charge in [-0.05, 0) is 55.2 Å². The van der Waals surface area contributed by atoms with E-state index in [1.165, 1.54) is 0 Å². The molecular formula is C19H24N2O2. The molecule has 0 fully saturated rings. The van der Waals surface area contributed by atoms with Crippen molar-refractivity contribution in [2.75, 3.05) is 6.61 Å². The number of amides is 1. The molecule has 1 heterocycles. The van der Waals surface area contributed by atoms with Crippen molar-refractivity contribution in [3.05, 3.63) is 58.9 Å². The molecule has 0 aliphatic carbocycles. The average Bonchev–Trinajstić information content (AvgIpc) is 2.53. The molecule has 122 valence electrons. The number of aromatic nitrogens is 1. The first-order chi connectivity index (χ1) is 11.1. The molecule has 2 rings (SSSR count). The fourth-order valence-electron chi connectivity index (χ4n) is 2.47. The number of unbranched alkanes of at least 4 members (excludes halogenated alkanes) is 1. The Bertz CT molecular complexity index is 631. The minimum Gasteiger partial charge on any atom is -0.494 e. The Morgan fingerprint density at radius 3 is 2.61 bits per heavy atom. The zero-order valence-electron chi connectivity index (χ0n) is 14.1. The van der Waals surface area contributed by atoms with E-state index in [0.717, 1.165) is 40.8 Å². The van der Waals surface area contributed by atoms with E-state index in [4.69, 9.17) is 4.74 Å². The number of carbonyl (C=O) groups excluding carboxylic acids is 1. The van der Waals surface area contributed by atoms with Crippen LogP contribution in [-0.2, 0) is 6.54 Å². The van der Waals surface area contributed by atoms with Crippen LogP contribution >= 0.6 is 0 Å². The van der Waals surface area contributed by atoms with Gasteiger partial charge in [0.05, 0.1) is 6.61 Å². The van der Waals surface area contributed by atoms with Gasteiger partial charge >= 0.3 is 0 Å². The molecule has 0 saturated carbocycles.